The Kier molecular flexibility index (Phi) is 1.95. The zero-order chi connectivity index (χ0) is 5.11. The highest BCUT2D eigenvalue weighted by atomic mass is 35.5. The van der Waals surface area contributed by atoms with Gasteiger partial charge in [0, 0.05) is 6.61 Å². The molecule has 1 rings (SSSR count). The molecule has 1 nitrogen and oxygen atoms in total. The Morgan fingerprint density at radius 3 is 2.86 bits per heavy atom. The largest absolute Gasteiger partial charge is 0.362 e. The molecule has 1 unspecified atom stereocenters. The minimum atomic E-state index is -0.0475. The second-order valence-corrected chi connectivity index (χ2v) is 2.08. The molecule has 1 fully saturated rings. The normalized spacial score (nSPS) is 33.0. The van der Waals surface area contributed by atoms with Gasteiger partial charge in [-0.2, -0.15) is 0 Å². The van der Waals surface area contributed by atoms with Crippen LogP contribution in [-0.2, 0) is 4.74 Å². The average Bonchev–Trinajstić information content (AvgIpc) is 1.69. The molecular weight excluding hydrogens is 112 g/mol. The molecule has 41 valence electrons. The van der Waals surface area contributed by atoms with Gasteiger partial charge in [0.15, 0.2) is 0 Å². The zero-order valence-electron chi connectivity index (χ0n) is 4.06. The Morgan fingerprint density at radius 1 is 1.71 bits per heavy atom. The molecule has 1 aliphatic rings. The highest BCUT2D eigenvalue weighted by molar-refractivity contribution is 6.19. The van der Waals surface area contributed by atoms with Gasteiger partial charge in [-0.15, -0.1) is 0 Å². The highest BCUT2D eigenvalue weighted by Gasteiger charge is 2.08. The van der Waals surface area contributed by atoms with Gasteiger partial charge < -0.3 is 4.74 Å². The Bertz CT molecular complexity index is 50.0. The quantitative estimate of drug-likeness (QED) is 0.440. The van der Waals surface area contributed by atoms with Crippen molar-refractivity contribution in [1.29, 1.82) is 0 Å². The number of hydrogen-bond donors (Lipinski definition) is 0. The van der Waals surface area contributed by atoms with E-state index in [4.69, 9.17) is 16.3 Å². The van der Waals surface area contributed by atoms with Gasteiger partial charge in [0.1, 0.15) is 5.56 Å². The lowest BCUT2D eigenvalue weighted by atomic mass is 10.2. The summed E-state index contributed by atoms with van der Waals surface area (Å²) in [7, 11) is 0. The maximum atomic E-state index is 5.56. The van der Waals surface area contributed by atoms with Crippen molar-refractivity contribution >= 4 is 11.6 Å². The van der Waals surface area contributed by atoms with E-state index in [0.29, 0.717) is 0 Å². The van der Waals surface area contributed by atoms with E-state index in [-0.39, 0.29) is 5.56 Å². The Hall–Kier alpha value is 0.250. The van der Waals surface area contributed by atoms with Crippen LogP contribution in [0.15, 0.2) is 0 Å². The molecule has 0 aromatic heterocycles. The monoisotopic (exact) mass is 119 g/mol. The second kappa shape index (κ2) is 2.53. The standard InChI is InChI=1S/C5H8ClO/c6-5-3-1-2-4-7-5/h1,5H,2-4H2. The molecule has 0 N–H and O–H groups in total. The van der Waals surface area contributed by atoms with Crippen LogP contribution in [0.4, 0.5) is 0 Å². The number of alkyl halides is 1. The van der Waals surface area contributed by atoms with E-state index in [9.17, 15) is 0 Å². The third kappa shape index (κ3) is 1.66. The van der Waals surface area contributed by atoms with E-state index in [2.05, 4.69) is 6.42 Å². The molecule has 0 amide bonds. The third-order valence-corrected chi connectivity index (χ3v) is 1.28. The summed E-state index contributed by atoms with van der Waals surface area (Å²) in [5.74, 6) is 0. The molecule has 0 saturated carbocycles. The van der Waals surface area contributed by atoms with Gasteiger partial charge in [0.05, 0.1) is 0 Å². The molecule has 0 aliphatic carbocycles. The van der Waals surface area contributed by atoms with Crippen LogP contribution in [0.1, 0.15) is 12.8 Å². The summed E-state index contributed by atoms with van der Waals surface area (Å²) in [5.41, 5.74) is -0.0475. The lowest BCUT2D eigenvalue weighted by Gasteiger charge is -2.15. The van der Waals surface area contributed by atoms with E-state index in [1.165, 1.54) is 0 Å². The predicted octanol–water partition coefficient (Wildman–Crippen LogP) is 1.57. The molecule has 1 heterocycles. The number of halogens is 1. The summed E-state index contributed by atoms with van der Waals surface area (Å²) in [6.45, 7) is 0.800. The summed E-state index contributed by atoms with van der Waals surface area (Å²) in [6.07, 6.45) is 4.12. The predicted molar refractivity (Wildman–Crippen MR) is 29.1 cm³/mol. The SMILES string of the molecule is ClC1C[CH]CCO1. The summed E-state index contributed by atoms with van der Waals surface area (Å²) in [5, 5.41) is 0. The molecule has 2 heteroatoms. The lowest BCUT2D eigenvalue weighted by Crippen LogP contribution is -2.12. The van der Waals surface area contributed by atoms with E-state index in [0.717, 1.165) is 19.4 Å². The summed E-state index contributed by atoms with van der Waals surface area (Å²) >= 11 is 5.56. The Labute approximate surface area is 48.6 Å². The first-order chi connectivity index (χ1) is 3.39. The van der Waals surface area contributed by atoms with Crippen LogP contribution in [0.25, 0.3) is 0 Å². The molecule has 1 radical (unpaired) electrons. The first kappa shape index (κ1) is 5.39. The van der Waals surface area contributed by atoms with Gasteiger partial charge in [-0.05, 0) is 19.3 Å². The fraction of sp³-hybridized carbons (Fsp3) is 0.800. The van der Waals surface area contributed by atoms with Crippen molar-refractivity contribution in [3.05, 3.63) is 6.42 Å². The van der Waals surface area contributed by atoms with Crippen molar-refractivity contribution in [3.63, 3.8) is 0 Å². The first-order valence-electron chi connectivity index (χ1n) is 2.47. The number of ether oxygens (including phenoxy) is 1. The van der Waals surface area contributed by atoms with Gasteiger partial charge in [0.2, 0.25) is 0 Å². The molecule has 1 atom stereocenters. The molecule has 0 aromatic rings. The van der Waals surface area contributed by atoms with Crippen molar-refractivity contribution in [2.75, 3.05) is 6.61 Å². The maximum Gasteiger partial charge on any atom is 0.131 e. The van der Waals surface area contributed by atoms with Crippen molar-refractivity contribution < 1.29 is 4.74 Å². The van der Waals surface area contributed by atoms with Crippen molar-refractivity contribution in [2.24, 2.45) is 0 Å². The molecule has 0 aromatic carbocycles. The van der Waals surface area contributed by atoms with Crippen LogP contribution in [0, 0.1) is 6.42 Å². The van der Waals surface area contributed by atoms with Gasteiger partial charge >= 0.3 is 0 Å². The first-order valence-corrected chi connectivity index (χ1v) is 2.90. The van der Waals surface area contributed by atoms with Gasteiger partial charge in [0.25, 0.3) is 0 Å². The van der Waals surface area contributed by atoms with E-state index in [1.54, 1.807) is 0 Å². The molecule has 0 spiro atoms. The van der Waals surface area contributed by atoms with Crippen molar-refractivity contribution in [2.45, 2.75) is 18.4 Å². The van der Waals surface area contributed by atoms with Crippen LogP contribution in [0.2, 0.25) is 0 Å². The molecule has 1 saturated heterocycles. The number of hydrogen-bond acceptors (Lipinski definition) is 1. The molecule has 1 aliphatic heterocycles. The lowest BCUT2D eigenvalue weighted by molar-refractivity contribution is 0.0875. The van der Waals surface area contributed by atoms with Crippen LogP contribution in [-0.4, -0.2) is 12.2 Å². The maximum absolute atomic E-state index is 5.56. The van der Waals surface area contributed by atoms with Crippen LogP contribution >= 0.6 is 11.6 Å². The van der Waals surface area contributed by atoms with E-state index >= 15 is 0 Å². The van der Waals surface area contributed by atoms with Crippen LogP contribution in [0.5, 0.6) is 0 Å². The average molecular weight is 120 g/mol. The fourth-order valence-corrected chi connectivity index (χ4v) is 0.811. The van der Waals surface area contributed by atoms with Gasteiger partial charge in [-0.3, -0.25) is 0 Å². The Balaban J connectivity index is 2.12. The third-order valence-electron chi connectivity index (χ3n) is 0.973. The smallest absolute Gasteiger partial charge is 0.131 e. The van der Waals surface area contributed by atoms with Gasteiger partial charge in [-0.25, -0.2) is 0 Å². The van der Waals surface area contributed by atoms with Crippen molar-refractivity contribution in [3.8, 4) is 0 Å². The molecular formula is C5H8ClO. The minimum Gasteiger partial charge on any atom is -0.362 e. The van der Waals surface area contributed by atoms with E-state index in [1.807, 2.05) is 0 Å². The van der Waals surface area contributed by atoms with Crippen LogP contribution in [0.3, 0.4) is 0 Å². The minimum absolute atomic E-state index is 0.0475. The van der Waals surface area contributed by atoms with Gasteiger partial charge in [-0.1, -0.05) is 11.6 Å². The van der Waals surface area contributed by atoms with Crippen molar-refractivity contribution in [1.82, 2.24) is 0 Å². The fourth-order valence-electron chi connectivity index (χ4n) is 0.596. The van der Waals surface area contributed by atoms with E-state index < -0.39 is 0 Å². The molecule has 0 bridgehead atoms. The second-order valence-electron chi connectivity index (χ2n) is 1.59. The van der Waals surface area contributed by atoms with Crippen LogP contribution < -0.4 is 0 Å². The highest BCUT2D eigenvalue weighted by Crippen LogP contribution is 2.13. The number of rotatable bonds is 0. The summed E-state index contributed by atoms with van der Waals surface area (Å²) in [6, 6.07) is 0. The zero-order valence-corrected chi connectivity index (χ0v) is 4.82. The topological polar surface area (TPSA) is 9.23 Å². The Morgan fingerprint density at radius 2 is 2.57 bits per heavy atom. The summed E-state index contributed by atoms with van der Waals surface area (Å²) in [4.78, 5) is 0. The molecule has 7 heavy (non-hydrogen) atoms. The summed E-state index contributed by atoms with van der Waals surface area (Å²) < 4.78 is 5.01.